The van der Waals surface area contributed by atoms with Gasteiger partial charge in [-0.05, 0) is 50.5 Å². The Bertz CT molecular complexity index is 580. The number of carbonyl (C=O) groups excluding carboxylic acids is 2. The highest BCUT2D eigenvalue weighted by molar-refractivity contribution is 5.94. The second-order valence-corrected chi connectivity index (χ2v) is 6.97. The zero-order chi connectivity index (χ0) is 18.9. The second-order valence-electron chi connectivity index (χ2n) is 6.97. The Labute approximate surface area is 156 Å². The summed E-state index contributed by atoms with van der Waals surface area (Å²) in [5, 5.41) is 3.11. The van der Waals surface area contributed by atoms with E-state index < -0.39 is 0 Å². The predicted octanol–water partition coefficient (Wildman–Crippen LogP) is 1.99. The van der Waals surface area contributed by atoms with Crippen LogP contribution in [0.1, 0.15) is 49.9 Å². The van der Waals surface area contributed by atoms with Crippen LogP contribution in [0.5, 0.6) is 0 Å². The van der Waals surface area contributed by atoms with E-state index in [0.717, 1.165) is 44.7 Å². The lowest BCUT2D eigenvalue weighted by atomic mass is 10.0. The number of nitrogens with one attached hydrogen (secondary N) is 1. The molecule has 0 unspecified atom stereocenters. The van der Waals surface area contributed by atoms with Crippen LogP contribution in [0.15, 0.2) is 24.3 Å². The number of nitrogens with zero attached hydrogens (tertiary/aromatic N) is 2. The number of anilines is 1. The van der Waals surface area contributed by atoms with Gasteiger partial charge in [0.25, 0.3) is 5.91 Å². The summed E-state index contributed by atoms with van der Waals surface area (Å²) in [4.78, 5) is 27.8. The Morgan fingerprint density at radius 3 is 2.38 bits per heavy atom. The number of unbranched alkanes of at least 4 members (excludes halogenated alkanes) is 1. The second kappa shape index (κ2) is 10.2. The first-order valence-corrected chi connectivity index (χ1v) is 9.70. The lowest BCUT2D eigenvalue weighted by molar-refractivity contribution is -0.119. The van der Waals surface area contributed by atoms with Crippen LogP contribution in [0.25, 0.3) is 0 Å². The van der Waals surface area contributed by atoms with E-state index in [1.165, 1.54) is 12.8 Å². The van der Waals surface area contributed by atoms with Crippen molar-refractivity contribution in [3.8, 4) is 0 Å². The van der Waals surface area contributed by atoms with Gasteiger partial charge in [-0.25, -0.2) is 0 Å². The fourth-order valence-electron chi connectivity index (χ4n) is 3.37. The van der Waals surface area contributed by atoms with Crippen LogP contribution >= 0.6 is 0 Å². The van der Waals surface area contributed by atoms with Crippen molar-refractivity contribution < 1.29 is 9.59 Å². The fraction of sp³-hybridized carbons (Fsp3) is 0.600. The summed E-state index contributed by atoms with van der Waals surface area (Å²) in [6, 6.07) is 8.03. The Morgan fingerprint density at radius 2 is 1.85 bits per heavy atom. The first-order chi connectivity index (χ1) is 12.5. The van der Waals surface area contributed by atoms with Crippen LogP contribution in [-0.4, -0.2) is 55.5 Å². The summed E-state index contributed by atoms with van der Waals surface area (Å²) in [6.45, 7) is 8.23. The number of piperidine rings is 1. The number of primary amides is 1. The normalized spacial score (nSPS) is 15.6. The molecular formula is C20H32N4O2. The van der Waals surface area contributed by atoms with Crippen molar-refractivity contribution >= 4 is 17.5 Å². The van der Waals surface area contributed by atoms with Gasteiger partial charge in [0.15, 0.2) is 0 Å². The molecule has 6 heteroatoms. The maximum atomic E-state index is 12.5. The van der Waals surface area contributed by atoms with E-state index in [1.807, 2.05) is 29.2 Å². The highest BCUT2D eigenvalue weighted by Gasteiger charge is 2.22. The fourth-order valence-corrected chi connectivity index (χ4v) is 3.37. The topological polar surface area (TPSA) is 78.7 Å². The molecule has 1 aromatic carbocycles. The molecule has 144 valence electrons. The number of likely N-dealkylation sites (tertiary alicyclic amines) is 1. The van der Waals surface area contributed by atoms with Gasteiger partial charge in [0.1, 0.15) is 0 Å². The summed E-state index contributed by atoms with van der Waals surface area (Å²) < 4.78 is 0. The van der Waals surface area contributed by atoms with Crippen LogP contribution < -0.4 is 16.0 Å². The Balaban J connectivity index is 1.85. The smallest absolute Gasteiger partial charge is 0.251 e. The van der Waals surface area contributed by atoms with Gasteiger partial charge in [-0.1, -0.05) is 13.3 Å². The average Bonchev–Trinajstić information content (AvgIpc) is 2.64. The molecule has 1 fully saturated rings. The molecule has 0 atom stereocenters. The van der Waals surface area contributed by atoms with Crippen molar-refractivity contribution in [1.29, 1.82) is 0 Å². The van der Waals surface area contributed by atoms with E-state index in [4.69, 9.17) is 5.73 Å². The first-order valence-electron chi connectivity index (χ1n) is 9.70. The van der Waals surface area contributed by atoms with Gasteiger partial charge >= 0.3 is 0 Å². The maximum absolute atomic E-state index is 12.5. The van der Waals surface area contributed by atoms with Crippen LogP contribution in [0.3, 0.4) is 0 Å². The van der Waals surface area contributed by atoms with Gasteiger partial charge in [-0.2, -0.15) is 0 Å². The highest BCUT2D eigenvalue weighted by atomic mass is 16.2. The summed E-state index contributed by atoms with van der Waals surface area (Å²) in [5.74, 6) is -0.325. The quantitative estimate of drug-likeness (QED) is 0.706. The molecule has 0 saturated carbocycles. The molecule has 0 radical (unpaired) electrons. The van der Waals surface area contributed by atoms with E-state index in [0.29, 0.717) is 12.1 Å². The van der Waals surface area contributed by atoms with Crippen molar-refractivity contribution in [2.24, 2.45) is 5.73 Å². The number of benzene rings is 1. The highest BCUT2D eigenvalue weighted by Crippen LogP contribution is 2.17. The van der Waals surface area contributed by atoms with Crippen LogP contribution in [0, 0.1) is 0 Å². The average molecular weight is 361 g/mol. The Hall–Kier alpha value is -2.08. The van der Waals surface area contributed by atoms with E-state index in [-0.39, 0.29) is 17.9 Å². The number of hydrogen-bond donors (Lipinski definition) is 2. The van der Waals surface area contributed by atoms with E-state index >= 15 is 0 Å². The van der Waals surface area contributed by atoms with Gasteiger partial charge in [-0.3, -0.25) is 14.5 Å². The molecule has 26 heavy (non-hydrogen) atoms. The molecule has 0 spiro atoms. The predicted molar refractivity (Wildman–Crippen MR) is 105 cm³/mol. The molecule has 1 saturated heterocycles. The van der Waals surface area contributed by atoms with Gasteiger partial charge in [0.05, 0.1) is 6.54 Å². The molecule has 2 amide bonds. The molecule has 2 rings (SSSR count). The molecular weight excluding hydrogens is 328 g/mol. The van der Waals surface area contributed by atoms with Crippen LogP contribution in [-0.2, 0) is 4.79 Å². The maximum Gasteiger partial charge on any atom is 0.251 e. The molecule has 0 aromatic heterocycles. The molecule has 0 aliphatic carbocycles. The van der Waals surface area contributed by atoms with E-state index in [9.17, 15) is 9.59 Å². The minimum Gasteiger partial charge on any atom is -0.372 e. The first kappa shape index (κ1) is 20.2. The van der Waals surface area contributed by atoms with E-state index in [1.54, 1.807) is 0 Å². The standard InChI is InChI=1S/C20H32N4O2/c1-3-5-12-24(4-2)18-8-6-16(7-9-18)20(26)22-17-10-13-23(14-11-17)15-19(21)25/h6-9,17H,3-5,10-15H2,1-2H3,(H2,21,25)(H,22,26). The largest absolute Gasteiger partial charge is 0.372 e. The molecule has 1 heterocycles. The SMILES string of the molecule is CCCCN(CC)c1ccc(C(=O)NC2CCN(CC(N)=O)CC2)cc1. The molecule has 3 N–H and O–H groups in total. The molecule has 6 nitrogen and oxygen atoms in total. The van der Waals surface area contributed by atoms with Crippen molar-refractivity contribution in [3.63, 3.8) is 0 Å². The van der Waals surface area contributed by atoms with Gasteiger partial charge in [0, 0.05) is 43.5 Å². The zero-order valence-corrected chi connectivity index (χ0v) is 16.0. The zero-order valence-electron chi connectivity index (χ0n) is 16.0. The van der Waals surface area contributed by atoms with Crippen molar-refractivity contribution in [3.05, 3.63) is 29.8 Å². The third kappa shape index (κ3) is 6.02. The third-order valence-electron chi connectivity index (χ3n) is 4.96. The van der Waals surface area contributed by atoms with Gasteiger partial charge in [-0.15, -0.1) is 0 Å². The third-order valence-corrected chi connectivity index (χ3v) is 4.96. The summed E-state index contributed by atoms with van der Waals surface area (Å²) >= 11 is 0. The van der Waals surface area contributed by atoms with Crippen molar-refractivity contribution in [1.82, 2.24) is 10.2 Å². The van der Waals surface area contributed by atoms with Gasteiger partial charge < -0.3 is 16.0 Å². The van der Waals surface area contributed by atoms with Crippen molar-refractivity contribution in [2.45, 2.75) is 45.6 Å². The van der Waals surface area contributed by atoms with Crippen molar-refractivity contribution in [2.75, 3.05) is 37.6 Å². The minimum atomic E-state index is -0.298. The summed E-state index contributed by atoms with van der Waals surface area (Å²) in [5.41, 5.74) is 7.09. The Kier molecular flexibility index (Phi) is 7.91. The number of carbonyl (C=O) groups is 2. The Morgan fingerprint density at radius 1 is 1.19 bits per heavy atom. The summed E-state index contributed by atoms with van der Waals surface area (Å²) in [6.07, 6.45) is 4.04. The number of amides is 2. The lowest BCUT2D eigenvalue weighted by Gasteiger charge is -2.31. The molecule has 1 aliphatic rings. The molecule has 1 aliphatic heterocycles. The molecule has 1 aromatic rings. The molecule has 0 bridgehead atoms. The number of nitrogens with two attached hydrogens (primary N) is 1. The number of hydrogen-bond acceptors (Lipinski definition) is 4. The van der Waals surface area contributed by atoms with Gasteiger partial charge in [0.2, 0.25) is 5.91 Å². The lowest BCUT2D eigenvalue weighted by Crippen LogP contribution is -2.46. The minimum absolute atomic E-state index is 0.0264. The van der Waals surface area contributed by atoms with Crippen LogP contribution in [0.4, 0.5) is 5.69 Å². The summed E-state index contributed by atoms with van der Waals surface area (Å²) in [7, 11) is 0. The van der Waals surface area contributed by atoms with E-state index in [2.05, 4.69) is 24.1 Å². The monoisotopic (exact) mass is 360 g/mol. The van der Waals surface area contributed by atoms with Crippen LogP contribution in [0.2, 0.25) is 0 Å². The number of rotatable bonds is 9.